The number of phenolic OH excluding ortho intramolecular Hbond substituents is 1. The SMILES string of the molecule is C[C@H](NC(=O)c1ccc(O)cc1F)[C@@H](O)Cc1ccccc1. The highest BCUT2D eigenvalue weighted by Crippen LogP contribution is 2.15. The highest BCUT2D eigenvalue weighted by molar-refractivity contribution is 5.94. The molecule has 0 saturated carbocycles. The molecule has 0 aliphatic heterocycles. The van der Waals surface area contributed by atoms with Gasteiger partial charge in [0.15, 0.2) is 0 Å². The third-order valence-electron chi connectivity index (χ3n) is 3.42. The Morgan fingerprint density at radius 2 is 1.91 bits per heavy atom. The number of amides is 1. The van der Waals surface area contributed by atoms with Gasteiger partial charge in [-0.3, -0.25) is 4.79 Å². The first-order valence-corrected chi connectivity index (χ1v) is 6.98. The predicted molar refractivity (Wildman–Crippen MR) is 81.1 cm³/mol. The van der Waals surface area contributed by atoms with E-state index in [4.69, 9.17) is 5.11 Å². The smallest absolute Gasteiger partial charge is 0.254 e. The van der Waals surface area contributed by atoms with Gasteiger partial charge < -0.3 is 15.5 Å². The van der Waals surface area contributed by atoms with Crippen LogP contribution in [0.5, 0.6) is 5.75 Å². The molecule has 3 N–H and O–H groups in total. The fourth-order valence-corrected chi connectivity index (χ4v) is 2.10. The van der Waals surface area contributed by atoms with Crippen molar-refractivity contribution in [3.8, 4) is 5.75 Å². The van der Waals surface area contributed by atoms with Crippen molar-refractivity contribution >= 4 is 5.91 Å². The number of aliphatic hydroxyl groups is 1. The van der Waals surface area contributed by atoms with Crippen LogP contribution in [0.4, 0.5) is 4.39 Å². The van der Waals surface area contributed by atoms with Gasteiger partial charge in [0.1, 0.15) is 11.6 Å². The lowest BCUT2D eigenvalue weighted by Gasteiger charge is -2.20. The fraction of sp³-hybridized carbons (Fsp3) is 0.235. The average Bonchev–Trinajstić information content (AvgIpc) is 2.47. The molecule has 2 aromatic carbocycles. The summed E-state index contributed by atoms with van der Waals surface area (Å²) in [6.07, 6.45) is -0.396. The Bertz CT molecular complexity index is 646. The maximum absolute atomic E-state index is 13.6. The van der Waals surface area contributed by atoms with E-state index >= 15 is 0 Å². The molecule has 2 aromatic rings. The van der Waals surface area contributed by atoms with E-state index < -0.39 is 23.9 Å². The molecule has 0 fully saturated rings. The summed E-state index contributed by atoms with van der Waals surface area (Å²) >= 11 is 0. The first-order valence-electron chi connectivity index (χ1n) is 6.98. The van der Waals surface area contributed by atoms with Crippen LogP contribution in [0.1, 0.15) is 22.8 Å². The number of nitrogens with one attached hydrogen (secondary N) is 1. The van der Waals surface area contributed by atoms with E-state index in [1.54, 1.807) is 6.92 Å². The van der Waals surface area contributed by atoms with Crippen molar-refractivity contribution in [3.63, 3.8) is 0 Å². The van der Waals surface area contributed by atoms with Crippen LogP contribution in [0.25, 0.3) is 0 Å². The van der Waals surface area contributed by atoms with Gasteiger partial charge in [0.25, 0.3) is 5.91 Å². The third kappa shape index (κ3) is 4.05. The predicted octanol–water partition coefficient (Wildman–Crippen LogP) is 2.25. The highest BCUT2D eigenvalue weighted by Gasteiger charge is 2.19. The normalized spacial score (nSPS) is 13.4. The number of hydrogen-bond donors (Lipinski definition) is 3. The molecule has 0 unspecified atom stereocenters. The van der Waals surface area contributed by atoms with Crippen LogP contribution in [-0.4, -0.2) is 28.3 Å². The Morgan fingerprint density at radius 3 is 2.55 bits per heavy atom. The average molecular weight is 303 g/mol. The summed E-state index contributed by atoms with van der Waals surface area (Å²) in [7, 11) is 0. The number of rotatable bonds is 5. The molecule has 0 aliphatic rings. The summed E-state index contributed by atoms with van der Waals surface area (Å²) in [5, 5.41) is 21.8. The van der Waals surface area contributed by atoms with Gasteiger partial charge >= 0.3 is 0 Å². The van der Waals surface area contributed by atoms with E-state index in [0.29, 0.717) is 6.42 Å². The van der Waals surface area contributed by atoms with E-state index in [0.717, 1.165) is 11.6 Å². The Kier molecular flexibility index (Phi) is 5.12. The molecule has 4 nitrogen and oxygen atoms in total. The van der Waals surface area contributed by atoms with Gasteiger partial charge in [-0.05, 0) is 24.6 Å². The Balaban J connectivity index is 1.98. The van der Waals surface area contributed by atoms with Crippen LogP contribution >= 0.6 is 0 Å². The summed E-state index contributed by atoms with van der Waals surface area (Å²) in [4.78, 5) is 12.0. The zero-order chi connectivity index (χ0) is 16.1. The number of carbonyl (C=O) groups is 1. The molecule has 0 radical (unpaired) electrons. The zero-order valence-electron chi connectivity index (χ0n) is 12.2. The monoisotopic (exact) mass is 303 g/mol. The molecular formula is C17H18FNO3. The van der Waals surface area contributed by atoms with Gasteiger partial charge in [0.05, 0.1) is 17.7 Å². The van der Waals surface area contributed by atoms with Crippen molar-refractivity contribution in [2.24, 2.45) is 0 Å². The first kappa shape index (κ1) is 16.0. The minimum absolute atomic E-state index is 0.170. The largest absolute Gasteiger partial charge is 0.508 e. The second-order valence-corrected chi connectivity index (χ2v) is 5.18. The number of carbonyl (C=O) groups excluding carboxylic acids is 1. The molecule has 0 bridgehead atoms. The minimum Gasteiger partial charge on any atom is -0.508 e. The maximum Gasteiger partial charge on any atom is 0.254 e. The molecule has 0 heterocycles. The van der Waals surface area contributed by atoms with Crippen molar-refractivity contribution in [3.05, 3.63) is 65.5 Å². The van der Waals surface area contributed by atoms with Crippen molar-refractivity contribution in [1.29, 1.82) is 0 Å². The Labute approximate surface area is 128 Å². The standard InChI is InChI=1S/C17H18FNO3/c1-11(16(21)9-12-5-3-2-4-6-12)19-17(22)14-8-7-13(20)10-15(14)18/h2-8,10-11,16,20-21H,9H2,1H3,(H,19,22)/t11-,16-/m0/s1. The van der Waals surface area contributed by atoms with Gasteiger partial charge in [-0.25, -0.2) is 4.39 Å². The van der Waals surface area contributed by atoms with Crippen molar-refractivity contribution < 1.29 is 19.4 Å². The molecule has 0 aliphatic carbocycles. The molecule has 5 heteroatoms. The number of aliphatic hydroxyl groups excluding tert-OH is 1. The van der Waals surface area contributed by atoms with Gasteiger partial charge in [0.2, 0.25) is 0 Å². The second-order valence-electron chi connectivity index (χ2n) is 5.18. The fourth-order valence-electron chi connectivity index (χ4n) is 2.10. The number of aromatic hydroxyl groups is 1. The number of hydrogen-bond acceptors (Lipinski definition) is 3. The van der Waals surface area contributed by atoms with Crippen LogP contribution in [0, 0.1) is 5.82 Å². The zero-order valence-corrected chi connectivity index (χ0v) is 12.2. The summed E-state index contributed by atoms with van der Waals surface area (Å²) in [6.45, 7) is 1.66. The van der Waals surface area contributed by atoms with E-state index in [1.165, 1.54) is 12.1 Å². The minimum atomic E-state index is -0.803. The molecule has 1 amide bonds. The number of benzene rings is 2. The molecule has 0 saturated heterocycles. The van der Waals surface area contributed by atoms with E-state index in [9.17, 15) is 14.3 Å². The number of phenols is 1. The Morgan fingerprint density at radius 1 is 1.23 bits per heavy atom. The lowest BCUT2D eigenvalue weighted by molar-refractivity contribution is 0.0848. The van der Waals surface area contributed by atoms with Crippen LogP contribution < -0.4 is 5.32 Å². The van der Waals surface area contributed by atoms with E-state index in [1.807, 2.05) is 30.3 Å². The van der Waals surface area contributed by atoms with Gasteiger partial charge in [0, 0.05) is 12.5 Å². The summed E-state index contributed by atoms with van der Waals surface area (Å²) < 4.78 is 13.6. The third-order valence-corrected chi connectivity index (χ3v) is 3.42. The van der Waals surface area contributed by atoms with Crippen LogP contribution in [-0.2, 0) is 6.42 Å². The van der Waals surface area contributed by atoms with Gasteiger partial charge in [-0.1, -0.05) is 30.3 Å². The van der Waals surface area contributed by atoms with Crippen molar-refractivity contribution in [1.82, 2.24) is 5.32 Å². The lowest BCUT2D eigenvalue weighted by Crippen LogP contribution is -2.42. The van der Waals surface area contributed by atoms with Gasteiger partial charge in [-0.2, -0.15) is 0 Å². The topological polar surface area (TPSA) is 69.6 Å². The van der Waals surface area contributed by atoms with Crippen LogP contribution in [0.15, 0.2) is 48.5 Å². The second kappa shape index (κ2) is 7.04. The molecule has 2 atom stereocenters. The molecule has 2 rings (SSSR count). The van der Waals surface area contributed by atoms with Gasteiger partial charge in [-0.15, -0.1) is 0 Å². The first-order chi connectivity index (χ1) is 10.5. The lowest BCUT2D eigenvalue weighted by atomic mass is 10.0. The number of halogens is 1. The van der Waals surface area contributed by atoms with E-state index in [-0.39, 0.29) is 11.3 Å². The highest BCUT2D eigenvalue weighted by atomic mass is 19.1. The molecule has 22 heavy (non-hydrogen) atoms. The summed E-state index contributed by atoms with van der Waals surface area (Å²) in [5.41, 5.74) is 0.781. The molecule has 0 aromatic heterocycles. The summed E-state index contributed by atoms with van der Waals surface area (Å²) in [6, 6.07) is 12.2. The molecular weight excluding hydrogens is 285 g/mol. The maximum atomic E-state index is 13.6. The Hall–Kier alpha value is -2.40. The van der Waals surface area contributed by atoms with Crippen LogP contribution in [0.3, 0.4) is 0 Å². The van der Waals surface area contributed by atoms with Crippen molar-refractivity contribution in [2.75, 3.05) is 0 Å². The molecule has 0 spiro atoms. The van der Waals surface area contributed by atoms with Crippen molar-refractivity contribution in [2.45, 2.75) is 25.5 Å². The molecule has 116 valence electrons. The summed E-state index contributed by atoms with van der Waals surface area (Å²) in [5.74, 6) is -1.68. The van der Waals surface area contributed by atoms with E-state index in [2.05, 4.69) is 5.32 Å². The quantitative estimate of drug-likeness (QED) is 0.793. The van der Waals surface area contributed by atoms with Crippen LogP contribution in [0.2, 0.25) is 0 Å².